The Labute approximate surface area is 108 Å². The van der Waals surface area contributed by atoms with Crippen LogP contribution in [-0.4, -0.2) is 42.4 Å². The molecule has 0 radical (unpaired) electrons. The van der Waals surface area contributed by atoms with Gasteiger partial charge >= 0.3 is 12.0 Å². The second-order valence-electron chi connectivity index (χ2n) is 4.52. The van der Waals surface area contributed by atoms with Gasteiger partial charge in [-0.2, -0.15) is 0 Å². The number of urea groups is 1. The average Bonchev–Trinajstić information content (AvgIpc) is 2.30. The van der Waals surface area contributed by atoms with Gasteiger partial charge in [0.1, 0.15) is 6.04 Å². The van der Waals surface area contributed by atoms with Crippen molar-refractivity contribution >= 4 is 12.0 Å². The molecule has 106 valence electrons. The average molecular weight is 260 g/mol. The fraction of sp³-hybridized carbons (Fsp3) is 0.833. The molecule has 0 aliphatic carbocycles. The maximum atomic E-state index is 11.5. The molecule has 0 saturated heterocycles. The lowest BCUT2D eigenvalue weighted by molar-refractivity contribution is -0.140. The predicted octanol–water partition coefficient (Wildman–Crippen LogP) is 1.21. The number of carboxylic acid groups (broad SMARTS) is 1. The Balaban J connectivity index is 4.00. The highest BCUT2D eigenvalue weighted by Gasteiger charge is 2.24. The Morgan fingerprint density at radius 2 is 1.89 bits per heavy atom. The molecule has 0 heterocycles. The largest absolute Gasteiger partial charge is 0.480 e. The first kappa shape index (κ1) is 16.7. The van der Waals surface area contributed by atoms with Gasteiger partial charge in [0.2, 0.25) is 0 Å². The van der Waals surface area contributed by atoms with Gasteiger partial charge in [0.15, 0.2) is 0 Å². The first-order valence-corrected chi connectivity index (χ1v) is 6.27. The number of carboxylic acids is 1. The molecule has 0 aliphatic rings. The van der Waals surface area contributed by atoms with E-state index in [4.69, 9.17) is 9.84 Å². The maximum Gasteiger partial charge on any atom is 0.326 e. The molecule has 0 aromatic heterocycles. The molecule has 0 aliphatic heterocycles. The molecule has 6 nitrogen and oxygen atoms in total. The van der Waals surface area contributed by atoms with Gasteiger partial charge in [0.05, 0.1) is 12.7 Å². The lowest BCUT2D eigenvalue weighted by Gasteiger charge is -2.20. The van der Waals surface area contributed by atoms with Crippen LogP contribution in [0, 0.1) is 5.92 Å². The zero-order valence-corrected chi connectivity index (χ0v) is 11.5. The lowest BCUT2D eigenvalue weighted by atomic mass is 9.99. The van der Waals surface area contributed by atoms with Crippen LogP contribution in [0.5, 0.6) is 0 Å². The van der Waals surface area contributed by atoms with E-state index in [0.717, 1.165) is 0 Å². The Kier molecular flexibility index (Phi) is 8.11. The van der Waals surface area contributed by atoms with Crippen LogP contribution in [0.3, 0.4) is 0 Å². The summed E-state index contributed by atoms with van der Waals surface area (Å²) in [4.78, 5) is 22.5. The summed E-state index contributed by atoms with van der Waals surface area (Å²) in [5.41, 5.74) is 0. The van der Waals surface area contributed by atoms with Crippen molar-refractivity contribution in [3.63, 3.8) is 0 Å². The van der Waals surface area contributed by atoms with Crippen molar-refractivity contribution in [1.82, 2.24) is 10.6 Å². The van der Waals surface area contributed by atoms with Crippen LogP contribution in [0.4, 0.5) is 4.79 Å². The summed E-state index contributed by atoms with van der Waals surface area (Å²) in [5.74, 6) is -1.13. The van der Waals surface area contributed by atoms with Crippen molar-refractivity contribution in [2.75, 3.05) is 13.2 Å². The van der Waals surface area contributed by atoms with Crippen LogP contribution >= 0.6 is 0 Å². The number of aliphatic carboxylic acids is 1. The Morgan fingerprint density at radius 3 is 2.33 bits per heavy atom. The molecule has 0 aromatic rings. The summed E-state index contributed by atoms with van der Waals surface area (Å²) in [6.07, 6.45) is 0.801. The van der Waals surface area contributed by atoms with E-state index in [1.807, 2.05) is 20.8 Å². The zero-order chi connectivity index (χ0) is 14.1. The van der Waals surface area contributed by atoms with Gasteiger partial charge in [-0.05, 0) is 19.8 Å². The lowest BCUT2D eigenvalue weighted by Crippen LogP contribution is -2.49. The number of nitrogens with one attached hydrogen (secondary N) is 2. The monoisotopic (exact) mass is 260 g/mol. The first-order valence-electron chi connectivity index (χ1n) is 6.27. The third kappa shape index (κ3) is 7.11. The minimum atomic E-state index is -1.02. The normalized spacial score (nSPS) is 14.1. The van der Waals surface area contributed by atoms with Crippen LogP contribution in [-0.2, 0) is 9.53 Å². The zero-order valence-electron chi connectivity index (χ0n) is 11.5. The number of hydrogen-bond acceptors (Lipinski definition) is 3. The smallest absolute Gasteiger partial charge is 0.326 e. The molecule has 0 rings (SSSR count). The highest BCUT2D eigenvalue weighted by molar-refractivity contribution is 5.82. The van der Waals surface area contributed by atoms with E-state index in [1.54, 1.807) is 6.92 Å². The molecule has 2 atom stereocenters. The molecule has 0 spiro atoms. The van der Waals surface area contributed by atoms with Crippen molar-refractivity contribution in [2.45, 2.75) is 46.3 Å². The third-order valence-electron chi connectivity index (χ3n) is 2.60. The van der Waals surface area contributed by atoms with Gasteiger partial charge in [-0.1, -0.05) is 20.3 Å². The van der Waals surface area contributed by atoms with Gasteiger partial charge < -0.3 is 20.5 Å². The summed E-state index contributed by atoms with van der Waals surface area (Å²) < 4.78 is 5.25. The molecular weight excluding hydrogens is 236 g/mol. The van der Waals surface area contributed by atoms with Crippen molar-refractivity contribution in [3.05, 3.63) is 0 Å². The first-order chi connectivity index (χ1) is 8.38. The van der Waals surface area contributed by atoms with E-state index in [0.29, 0.717) is 19.6 Å². The van der Waals surface area contributed by atoms with E-state index >= 15 is 0 Å². The van der Waals surface area contributed by atoms with E-state index in [1.165, 1.54) is 0 Å². The third-order valence-corrected chi connectivity index (χ3v) is 2.60. The van der Waals surface area contributed by atoms with Crippen molar-refractivity contribution in [1.29, 1.82) is 0 Å². The van der Waals surface area contributed by atoms with E-state index in [9.17, 15) is 9.59 Å². The summed E-state index contributed by atoms with van der Waals surface area (Å²) in [5, 5.41) is 14.0. The van der Waals surface area contributed by atoms with Crippen LogP contribution in [0.2, 0.25) is 0 Å². The van der Waals surface area contributed by atoms with E-state index in [2.05, 4.69) is 10.6 Å². The summed E-state index contributed by atoms with van der Waals surface area (Å²) >= 11 is 0. The Hall–Kier alpha value is -1.30. The van der Waals surface area contributed by atoms with Crippen molar-refractivity contribution in [3.8, 4) is 0 Å². The molecule has 18 heavy (non-hydrogen) atoms. The van der Waals surface area contributed by atoms with Crippen molar-refractivity contribution in [2.24, 2.45) is 5.92 Å². The van der Waals surface area contributed by atoms with Crippen LogP contribution in [0.1, 0.15) is 34.1 Å². The Morgan fingerprint density at radius 1 is 1.28 bits per heavy atom. The highest BCUT2D eigenvalue weighted by Crippen LogP contribution is 2.07. The topological polar surface area (TPSA) is 87.7 Å². The predicted molar refractivity (Wildman–Crippen MR) is 68.5 cm³/mol. The summed E-state index contributed by atoms with van der Waals surface area (Å²) in [7, 11) is 0. The fourth-order valence-corrected chi connectivity index (χ4v) is 1.33. The molecule has 0 saturated carbocycles. The minimum Gasteiger partial charge on any atom is -0.480 e. The quantitative estimate of drug-likeness (QED) is 0.572. The van der Waals surface area contributed by atoms with Gasteiger partial charge in [-0.25, -0.2) is 9.59 Å². The van der Waals surface area contributed by atoms with E-state index < -0.39 is 18.0 Å². The molecule has 6 heteroatoms. The highest BCUT2D eigenvalue weighted by atomic mass is 16.5. The molecular formula is C12H24N2O4. The summed E-state index contributed by atoms with van der Waals surface area (Å²) in [6, 6.07) is -1.34. The van der Waals surface area contributed by atoms with Gasteiger partial charge in [-0.3, -0.25) is 0 Å². The number of hydrogen-bond donors (Lipinski definition) is 3. The standard InChI is InChI=1S/C12H24N2O4/c1-5-9(4)10(11(15)16)14-12(17)13-6-7-18-8(2)3/h8-10H,5-7H2,1-4H3,(H,15,16)(H2,13,14,17). The number of ether oxygens (including phenoxy) is 1. The number of amides is 2. The fourth-order valence-electron chi connectivity index (χ4n) is 1.33. The van der Waals surface area contributed by atoms with Crippen LogP contribution in [0.15, 0.2) is 0 Å². The molecule has 0 bridgehead atoms. The van der Waals surface area contributed by atoms with Gasteiger partial charge in [-0.15, -0.1) is 0 Å². The molecule has 0 aromatic carbocycles. The summed E-state index contributed by atoms with van der Waals surface area (Å²) in [6.45, 7) is 8.26. The molecule has 2 amide bonds. The van der Waals surface area contributed by atoms with Crippen LogP contribution < -0.4 is 10.6 Å². The van der Waals surface area contributed by atoms with E-state index in [-0.39, 0.29) is 12.0 Å². The Bertz CT molecular complexity index is 269. The number of rotatable bonds is 8. The van der Waals surface area contributed by atoms with Gasteiger partial charge in [0.25, 0.3) is 0 Å². The van der Waals surface area contributed by atoms with Gasteiger partial charge in [0, 0.05) is 6.54 Å². The molecule has 2 unspecified atom stereocenters. The maximum absolute atomic E-state index is 11.5. The van der Waals surface area contributed by atoms with Crippen molar-refractivity contribution < 1.29 is 19.4 Å². The number of carbonyl (C=O) groups is 2. The second-order valence-corrected chi connectivity index (χ2v) is 4.52. The number of carbonyl (C=O) groups excluding carboxylic acids is 1. The minimum absolute atomic E-state index is 0.111. The van der Waals surface area contributed by atoms with Crippen LogP contribution in [0.25, 0.3) is 0 Å². The second kappa shape index (κ2) is 8.74. The molecule has 0 fully saturated rings. The molecule has 3 N–H and O–H groups in total. The SMILES string of the molecule is CCC(C)C(NC(=O)NCCOC(C)C)C(=O)O.